The lowest BCUT2D eigenvalue weighted by Gasteiger charge is -2.11. The number of aryl methyl sites for hydroxylation is 1. The van der Waals surface area contributed by atoms with Gasteiger partial charge in [-0.3, -0.25) is 9.36 Å². The van der Waals surface area contributed by atoms with E-state index < -0.39 is 0 Å². The van der Waals surface area contributed by atoms with Crippen molar-refractivity contribution in [3.63, 3.8) is 0 Å². The molecule has 162 valence electrons. The lowest BCUT2D eigenvalue weighted by Crippen LogP contribution is -2.14. The lowest BCUT2D eigenvalue weighted by molar-refractivity contribution is -0.113. The number of thioether (sulfide) groups is 1. The van der Waals surface area contributed by atoms with Crippen molar-refractivity contribution in [2.45, 2.75) is 18.5 Å². The Bertz CT molecular complexity index is 1170. The zero-order valence-corrected chi connectivity index (χ0v) is 18.8. The molecule has 0 fully saturated rings. The summed E-state index contributed by atoms with van der Waals surface area (Å²) < 4.78 is 7.18. The van der Waals surface area contributed by atoms with E-state index in [1.165, 1.54) is 17.3 Å². The summed E-state index contributed by atoms with van der Waals surface area (Å²) in [5.74, 6) is 1.69. The first-order chi connectivity index (χ1) is 15.6. The van der Waals surface area contributed by atoms with Crippen LogP contribution in [-0.2, 0) is 11.2 Å². The van der Waals surface area contributed by atoms with E-state index in [0.717, 1.165) is 28.5 Å². The number of carbonyl (C=O) groups is 1. The van der Waals surface area contributed by atoms with Gasteiger partial charge in [-0.2, -0.15) is 0 Å². The maximum atomic E-state index is 12.5. The van der Waals surface area contributed by atoms with Gasteiger partial charge in [-0.25, -0.2) is 0 Å². The Morgan fingerprint density at radius 2 is 1.69 bits per heavy atom. The van der Waals surface area contributed by atoms with E-state index >= 15 is 0 Å². The van der Waals surface area contributed by atoms with Crippen LogP contribution in [0.1, 0.15) is 17.0 Å². The van der Waals surface area contributed by atoms with Crippen molar-refractivity contribution >= 4 is 23.4 Å². The van der Waals surface area contributed by atoms with E-state index in [2.05, 4.69) is 58.8 Å². The molecule has 4 aromatic rings. The quantitative estimate of drug-likeness (QED) is 0.391. The largest absolute Gasteiger partial charge is 0.497 e. The first-order valence-corrected chi connectivity index (χ1v) is 11.2. The monoisotopic (exact) mass is 444 g/mol. The molecule has 0 unspecified atom stereocenters. The lowest BCUT2D eigenvalue weighted by atomic mass is 10.1. The molecule has 0 aliphatic carbocycles. The van der Waals surface area contributed by atoms with E-state index in [9.17, 15) is 4.79 Å². The van der Waals surface area contributed by atoms with Crippen LogP contribution in [0.3, 0.4) is 0 Å². The van der Waals surface area contributed by atoms with Gasteiger partial charge in [-0.1, -0.05) is 59.8 Å². The van der Waals surface area contributed by atoms with Crippen molar-refractivity contribution in [2.24, 2.45) is 0 Å². The number of amides is 1. The van der Waals surface area contributed by atoms with Gasteiger partial charge in [0, 0.05) is 17.8 Å². The zero-order valence-electron chi connectivity index (χ0n) is 18.0. The maximum Gasteiger partial charge on any atom is 0.234 e. The zero-order chi connectivity index (χ0) is 22.3. The van der Waals surface area contributed by atoms with E-state index in [-0.39, 0.29) is 11.7 Å². The summed E-state index contributed by atoms with van der Waals surface area (Å²) in [6.07, 6.45) is 0.653. The number of ether oxygens (including phenoxy) is 1. The molecule has 7 heteroatoms. The number of rotatable bonds is 8. The highest BCUT2D eigenvalue weighted by Crippen LogP contribution is 2.24. The van der Waals surface area contributed by atoms with Crippen LogP contribution in [0.4, 0.5) is 5.69 Å². The predicted octanol–water partition coefficient (Wildman–Crippen LogP) is 4.91. The van der Waals surface area contributed by atoms with Crippen molar-refractivity contribution in [3.8, 4) is 11.4 Å². The molecule has 3 aromatic carbocycles. The van der Waals surface area contributed by atoms with Gasteiger partial charge in [0.05, 0.1) is 12.9 Å². The third-order valence-electron chi connectivity index (χ3n) is 4.90. The fourth-order valence-electron chi connectivity index (χ4n) is 3.24. The Morgan fingerprint density at radius 3 is 2.38 bits per heavy atom. The van der Waals surface area contributed by atoms with Gasteiger partial charge in [0.1, 0.15) is 11.6 Å². The van der Waals surface area contributed by atoms with Crippen LogP contribution in [0, 0.1) is 6.92 Å². The second kappa shape index (κ2) is 10.2. The fourth-order valence-corrected chi connectivity index (χ4v) is 4.01. The average molecular weight is 445 g/mol. The van der Waals surface area contributed by atoms with Crippen molar-refractivity contribution < 1.29 is 9.53 Å². The molecule has 32 heavy (non-hydrogen) atoms. The van der Waals surface area contributed by atoms with E-state index in [1.807, 2.05) is 47.0 Å². The summed E-state index contributed by atoms with van der Waals surface area (Å²) in [6, 6.07) is 25.6. The first-order valence-electron chi connectivity index (χ1n) is 10.2. The number of nitrogens with one attached hydrogen (secondary N) is 1. The van der Waals surface area contributed by atoms with Gasteiger partial charge < -0.3 is 10.1 Å². The van der Waals surface area contributed by atoms with Crippen LogP contribution in [-0.4, -0.2) is 33.5 Å². The van der Waals surface area contributed by atoms with Crippen LogP contribution in [0.2, 0.25) is 0 Å². The molecule has 0 bridgehead atoms. The Morgan fingerprint density at radius 1 is 0.969 bits per heavy atom. The molecular weight excluding hydrogens is 420 g/mol. The van der Waals surface area contributed by atoms with Gasteiger partial charge in [-0.05, 0) is 48.9 Å². The number of aromatic nitrogens is 3. The molecular formula is C25H24N4O2S. The molecule has 1 amide bonds. The third kappa shape index (κ3) is 5.36. The minimum absolute atomic E-state index is 0.108. The summed E-state index contributed by atoms with van der Waals surface area (Å²) in [6.45, 7) is 2.06. The number of nitrogens with zero attached hydrogens (tertiary/aromatic N) is 3. The smallest absolute Gasteiger partial charge is 0.234 e. The van der Waals surface area contributed by atoms with E-state index in [0.29, 0.717) is 11.6 Å². The van der Waals surface area contributed by atoms with E-state index in [1.54, 1.807) is 7.11 Å². The highest BCUT2D eigenvalue weighted by Gasteiger charge is 2.16. The van der Waals surface area contributed by atoms with Crippen LogP contribution in [0.15, 0.2) is 84.0 Å². The maximum absolute atomic E-state index is 12.5. The molecule has 1 aromatic heterocycles. The Labute approximate surface area is 191 Å². The number of hydrogen-bond acceptors (Lipinski definition) is 5. The first kappa shape index (κ1) is 21.6. The highest BCUT2D eigenvalue weighted by molar-refractivity contribution is 7.99. The SMILES string of the molecule is COc1ccc(NC(=O)CSc2nnc(Cc3ccccc3)n2-c2ccc(C)cc2)cc1. The van der Waals surface area contributed by atoms with Crippen molar-refractivity contribution in [1.29, 1.82) is 0 Å². The van der Waals surface area contributed by atoms with Gasteiger partial charge >= 0.3 is 0 Å². The van der Waals surface area contributed by atoms with Gasteiger partial charge in [-0.15, -0.1) is 10.2 Å². The second-order valence-corrected chi connectivity index (χ2v) is 8.24. The van der Waals surface area contributed by atoms with Crippen LogP contribution in [0.25, 0.3) is 5.69 Å². The van der Waals surface area contributed by atoms with Crippen LogP contribution < -0.4 is 10.1 Å². The molecule has 0 spiro atoms. The third-order valence-corrected chi connectivity index (χ3v) is 5.83. The van der Waals surface area contributed by atoms with Crippen molar-refractivity contribution in [1.82, 2.24) is 14.8 Å². The molecule has 1 heterocycles. The topological polar surface area (TPSA) is 69.0 Å². The van der Waals surface area contributed by atoms with Gasteiger partial charge in [0.25, 0.3) is 0 Å². The number of hydrogen-bond donors (Lipinski definition) is 1. The Kier molecular flexibility index (Phi) is 6.87. The molecule has 0 saturated heterocycles. The minimum atomic E-state index is -0.108. The molecule has 0 aliphatic heterocycles. The summed E-state index contributed by atoms with van der Waals surface area (Å²) in [5.41, 5.74) is 4.03. The molecule has 0 atom stereocenters. The normalized spacial score (nSPS) is 10.7. The Balaban J connectivity index is 1.52. The van der Waals surface area contributed by atoms with Crippen molar-refractivity contribution in [2.75, 3.05) is 18.2 Å². The van der Waals surface area contributed by atoms with Gasteiger partial charge in [0.2, 0.25) is 5.91 Å². The minimum Gasteiger partial charge on any atom is -0.497 e. The van der Waals surface area contributed by atoms with E-state index in [4.69, 9.17) is 4.74 Å². The van der Waals surface area contributed by atoms with Crippen LogP contribution >= 0.6 is 11.8 Å². The molecule has 1 N–H and O–H groups in total. The molecule has 6 nitrogen and oxygen atoms in total. The standard InChI is InChI=1S/C25H24N4O2S/c1-18-8-12-21(13-9-18)29-23(16-19-6-4-3-5-7-19)27-28-25(29)32-17-24(30)26-20-10-14-22(31-2)15-11-20/h3-15H,16-17H2,1-2H3,(H,26,30). The number of benzene rings is 3. The fraction of sp³-hybridized carbons (Fsp3) is 0.160. The Hall–Kier alpha value is -3.58. The second-order valence-electron chi connectivity index (χ2n) is 7.30. The summed E-state index contributed by atoms with van der Waals surface area (Å²) >= 11 is 1.37. The van der Waals surface area contributed by atoms with Gasteiger partial charge in [0.15, 0.2) is 5.16 Å². The molecule has 4 rings (SSSR count). The molecule has 0 aliphatic rings. The predicted molar refractivity (Wildman–Crippen MR) is 128 cm³/mol. The average Bonchev–Trinajstić information content (AvgIpc) is 3.21. The number of anilines is 1. The number of methoxy groups -OCH3 is 1. The number of carbonyl (C=O) groups excluding carboxylic acids is 1. The summed E-state index contributed by atoms with van der Waals surface area (Å²) in [4.78, 5) is 12.5. The highest BCUT2D eigenvalue weighted by atomic mass is 32.2. The summed E-state index contributed by atoms with van der Waals surface area (Å²) in [7, 11) is 1.61. The molecule has 0 radical (unpaired) electrons. The molecule has 0 saturated carbocycles. The summed E-state index contributed by atoms with van der Waals surface area (Å²) in [5, 5.41) is 12.4. The van der Waals surface area contributed by atoms with Crippen LogP contribution in [0.5, 0.6) is 5.75 Å². The van der Waals surface area contributed by atoms with Crippen molar-refractivity contribution in [3.05, 3.63) is 95.8 Å².